The van der Waals surface area contributed by atoms with Crippen LogP contribution in [0.2, 0.25) is 0 Å². The largest absolute Gasteiger partial charge is 0.493 e. The number of hydrogen-bond acceptors (Lipinski definition) is 3. The molecular formula is C10H10BN3O. The molecule has 15 heavy (non-hydrogen) atoms. The van der Waals surface area contributed by atoms with E-state index in [1.165, 1.54) is 12.8 Å². The van der Waals surface area contributed by atoms with Gasteiger partial charge in [-0.05, 0) is 30.6 Å². The summed E-state index contributed by atoms with van der Waals surface area (Å²) in [5, 5.41) is 4.38. The summed E-state index contributed by atoms with van der Waals surface area (Å²) in [7, 11) is 7.44. The van der Waals surface area contributed by atoms with Gasteiger partial charge in [0.1, 0.15) is 7.85 Å². The third-order valence-corrected chi connectivity index (χ3v) is 2.66. The molecule has 2 heterocycles. The maximum absolute atomic E-state index is 5.82. The molecular weight excluding hydrogens is 189 g/mol. The minimum atomic E-state index is 0.522. The van der Waals surface area contributed by atoms with Crippen LogP contribution in [0, 0.1) is 0 Å². The first-order valence-corrected chi connectivity index (χ1v) is 4.98. The quantitative estimate of drug-likeness (QED) is 0.657. The van der Waals surface area contributed by atoms with Crippen LogP contribution in [0.5, 0.6) is 5.75 Å². The number of rotatable bonds is 2. The van der Waals surface area contributed by atoms with Gasteiger partial charge in [-0.15, -0.1) is 0 Å². The molecule has 1 aliphatic carbocycles. The van der Waals surface area contributed by atoms with Crippen molar-refractivity contribution in [3.8, 4) is 5.75 Å². The van der Waals surface area contributed by atoms with Crippen LogP contribution in [-0.4, -0.2) is 29.6 Å². The molecule has 74 valence electrons. The summed E-state index contributed by atoms with van der Waals surface area (Å²) in [5.74, 6) is 2.11. The molecule has 2 radical (unpaired) electrons. The average Bonchev–Trinajstić information content (AvgIpc) is 2.99. The van der Waals surface area contributed by atoms with Crippen molar-refractivity contribution in [3.05, 3.63) is 18.0 Å². The lowest BCUT2D eigenvalue weighted by Gasteiger charge is -2.02. The Morgan fingerprint density at radius 1 is 1.47 bits per heavy atom. The van der Waals surface area contributed by atoms with E-state index in [0.29, 0.717) is 22.9 Å². The van der Waals surface area contributed by atoms with Crippen molar-refractivity contribution in [1.29, 1.82) is 0 Å². The fraction of sp³-hybridized carbons (Fsp3) is 0.400. The van der Waals surface area contributed by atoms with Gasteiger partial charge >= 0.3 is 0 Å². The van der Waals surface area contributed by atoms with E-state index in [1.54, 1.807) is 17.7 Å². The van der Waals surface area contributed by atoms with Crippen molar-refractivity contribution in [2.75, 3.05) is 7.11 Å². The number of pyridine rings is 1. The fourth-order valence-corrected chi connectivity index (χ4v) is 1.65. The first-order valence-electron chi connectivity index (χ1n) is 4.98. The van der Waals surface area contributed by atoms with Crippen molar-refractivity contribution in [1.82, 2.24) is 14.6 Å². The molecule has 0 atom stereocenters. The SMILES string of the molecule is [B]c1ccc(OC)c2nc(C3CC3)nn12. The Morgan fingerprint density at radius 2 is 2.27 bits per heavy atom. The first kappa shape index (κ1) is 8.77. The fourth-order valence-electron chi connectivity index (χ4n) is 1.65. The molecule has 3 rings (SSSR count). The van der Waals surface area contributed by atoms with Crippen LogP contribution in [0.4, 0.5) is 0 Å². The predicted octanol–water partition coefficient (Wildman–Crippen LogP) is 0.409. The van der Waals surface area contributed by atoms with E-state index in [9.17, 15) is 0 Å². The summed E-state index contributed by atoms with van der Waals surface area (Å²) in [5.41, 5.74) is 1.30. The molecule has 0 saturated heterocycles. The van der Waals surface area contributed by atoms with Crippen LogP contribution < -0.4 is 10.3 Å². The van der Waals surface area contributed by atoms with Crippen LogP contribution >= 0.6 is 0 Å². The summed E-state index contributed by atoms with van der Waals surface area (Å²) in [6, 6.07) is 3.59. The summed E-state index contributed by atoms with van der Waals surface area (Å²) in [4.78, 5) is 4.45. The molecule has 1 saturated carbocycles. The Labute approximate surface area is 88.7 Å². The van der Waals surface area contributed by atoms with E-state index in [2.05, 4.69) is 10.1 Å². The Kier molecular flexibility index (Phi) is 1.74. The lowest BCUT2D eigenvalue weighted by Crippen LogP contribution is -2.15. The predicted molar refractivity (Wildman–Crippen MR) is 56.9 cm³/mol. The van der Waals surface area contributed by atoms with Gasteiger partial charge in [0.25, 0.3) is 0 Å². The van der Waals surface area contributed by atoms with Gasteiger partial charge in [-0.3, -0.25) is 0 Å². The van der Waals surface area contributed by atoms with Crippen molar-refractivity contribution in [2.24, 2.45) is 0 Å². The smallest absolute Gasteiger partial charge is 0.197 e. The van der Waals surface area contributed by atoms with E-state index < -0.39 is 0 Å². The first-order chi connectivity index (χ1) is 7.29. The monoisotopic (exact) mass is 199 g/mol. The molecule has 0 unspecified atom stereocenters. The van der Waals surface area contributed by atoms with Crippen molar-refractivity contribution >= 4 is 19.1 Å². The minimum absolute atomic E-state index is 0.522. The summed E-state index contributed by atoms with van der Waals surface area (Å²) >= 11 is 0. The molecule has 0 amide bonds. The zero-order chi connectivity index (χ0) is 10.4. The minimum Gasteiger partial charge on any atom is -0.493 e. The van der Waals surface area contributed by atoms with Gasteiger partial charge in [0, 0.05) is 5.92 Å². The summed E-state index contributed by atoms with van der Waals surface area (Å²) < 4.78 is 6.86. The van der Waals surface area contributed by atoms with E-state index >= 15 is 0 Å². The van der Waals surface area contributed by atoms with Crippen LogP contribution in [0.1, 0.15) is 24.6 Å². The second kappa shape index (κ2) is 2.99. The van der Waals surface area contributed by atoms with Gasteiger partial charge in [-0.2, -0.15) is 5.10 Å². The number of nitrogens with zero attached hydrogens (tertiary/aromatic N) is 3. The van der Waals surface area contributed by atoms with Gasteiger partial charge < -0.3 is 4.74 Å². The second-order valence-electron chi connectivity index (χ2n) is 3.81. The number of ether oxygens (including phenoxy) is 1. The highest BCUT2D eigenvalue weighted by molar-refractivity contribution is 6.31. The van der Waals surface area contributed by atoms with Crippen molar-refractivity contribution < 1.29 is 4.74 Å². The molecule has 2 aromatic heterocycles. The molecule has 1 aliphatic rings. The second-order valence-corrected chi connectivity index (χ2v) is 3.81. The number of hydrogen-bond donors (Lipinski definition) is 0. The Hall–Kier alpha value is -1.52. The molecule has 5 heteroatoms. The third-order valence-electron chi connectivity index (χ3n) is 2.66. The maximum atomic E-state index is 5.82. The Morgan fingerprint density at radius 3 is 2.93 bits per heavy atom. The van der Waals surface area contributed by atoms with E-state index in [4.69, 9.17) is 12.6 Å². The van der Waals surface area contributed by atoms with E-state index in [1.807, 2.05) is 6.07 Å². The van der Waals surface area contributed by atoms with Gasteiger partial charge in [-0.1, -0.05) is 0 Å². The highest BCUT2D eigenvalue weighted by atomic mass is 16.5. The lowest BCUT2D eigenvalue weighted by molar-refractivity contribution is 0.417. The van der Waals surface area contributed by atoms with Crippen LogP contribution in [0.15, 0.2) is 12.1 Å². The molecule has 0 N–H and O–H groups in total. The molecule has 0 aromatic carbocycles. The summed E-state index contributed by atoms with van der Waals surface area (Å²) in [6.45, 7) is 0. The highest BCUT2D eigenvalue weighted by Gasteiger charge is 2.28. The van der Waals surface area contributed by atoms with Gasteiger partial charge in [0.2, 0.25) is 0 Å². The lowest BCUT2D eigenvalue weighted by atomic mass is 10.0. The average molecular weight is 199 g/mol. The number of fused-ring (bicyclic) bond motifs is 1. The number of aromatic nitrogens is 3. The van der Waals surface area contributed by atoms with Gasteiger partial charge in [0.15, 0.2) is 17.2 Å². The third kappa shape index (κ3) is 1.30. The van der Waals surface area contributed by atoms with Crippen LogP contribution in [0.25, 0.3) is 5.65 Å². The zero-order valence-corrected chi connectivity index (χ0v) is 8.47. The number of methoxy groups -OCH3 is 1. The molecule has 4 nitrogen and oxygen atoms in total. The van der Waals surface area contributed by atoms with Crippen LogP contribution in [0.3, 0.4) is 0 Å². The van der Waals surface area contributed by atoms with Crippen LogP contribution in [-0.2, 0) is 0 Å². The summed E-state index contributed by atoms with van der Waals surface area (Å²) in [6.07, 6.45) is 2.36. The standard InChI is InChI=1S/C10H10BN3O/c1-15-7-4-5-8(11)14-10(7)12-9(13-14)6-2-3-6/h4-6H,2-3H2,1H3. The molecule has 0 bridgehead atoms. The topological polar surface area (TPSA) is 39.4 Å². The molecule has 1 fully saturated rings. The Balaban J connectivity index is 2.25. The maximum Gasteiger partial charge on any atom is 0.197 e. The molecule has 0 aliphatic heterocycles. The van der Waals surface area contributed by atoms with E-state index in [0.717, 1.165) is 5.82 Å². The zero-order valence-electron chi connectivity index (χ0n) is 8.47. The highest BCUT2D eigenvalue weighted by Crippen LogP contribution is 2.38. The molecule has 0 spiro atoms. The normalized spacial score (nSPS) is 15.8. The van der Waals surface area contributed by atoms with Gasteiger partial charge in [0.05, 0.1) is 7.11 Å². The molecule has 2 aromatic rings. The Bertz CT molecular complexity index is 519. The van der Waals surface area contributed by atoms with E-state index in [-0.39, 0.29) is 0 Å². The van der Waals surface area contributed by atoms with Gasteiger partial charge in [-0.25, -0.2) is 9.50 Å². The van der Waals surface area contributed by atoms with Crippen molar-refractivity contribution in [2.45, 2.75) is 18.8 Å². The van der Waals surface area contributed by atoms with Crippen molar-refractivity contribution in [3.63, 3.8) is 0 Å².